The molecular weight excluding hydrogens is 212 g/mol. The average molecular weight is 232 g/mol. The molecule has 1 N–H and O–H groups in total. The highest BCUT2D eigenvalue weighted by Gasteiger charge is 2.13. The molecule has 1 saturated heterocycles. The molecule has 0 atom stereocenters. The van der Waals surface area contributed by atoms with Gasteiger partial charge in [0.05, 0.1) is 0 Å². The monoisotopic (exact) mass is 232 g/mol. The number of carbonyl (C=O) groups is 1. The van der Waals surface area contributed by atoms with Crippen LogP contribution in [0.1, 0.15) is 26.7 Å². The van der Waals surface area contributed by atoms with Crippen molar-refractivity contribution in [2.45, 2.75) is 26.7 Å². The van der Waals surface area contributed by atoms with E-state index in [0.717, 1.165) is 18.8 Å². The van der Waals surface area contributed by atoms with Crippen molar-refractivity contribution < 1.29 is 4.79 Å². The standard InChI is InChI=1S/C14H20N2O/c1-11(2)14(17)15-12-6-5-7-13(10-12)16-8-3-4-9-16/h5-7,10-11H,3-4,8-9H2,1-2H3,(H,15,17). The molecule has 1 aromatic rings. The van der Waals surface area contributed by atoms with Crippen molar-refractivity contribution in [2.75, 3.05) is 23.3 Å². The number of nitrogens with one attached hydrogen (secondary N) is 1. The molecule has 3 heteroatoms. The lowest BCUT2D eigenvalue weighted by molar-refractivity contribution is -0.118. The highest BCUT2D eigenvalue weighted by Crippen LogP contribution is 2.23. The van der Waals surface area contributed by atoms with Gasteiger partial charge in [-0.2, -0.15) is 0 Å². The van der Waals surface area contributed by atoms with Gasteiger partial charge in [-0.25, -0.2) is 0 Å². The van der Waals surface area contributed by atoms with E-state index in [4.69, 9.17) is 0 Å². The second-order valence-electron chi connectivity index (χ2n) is 4.89. The van der Waals surface area contributed by atoms with Gasteiger partial charge in [-0.15, -0.1) is 0 Å². The summed E-state index contributed by atoms with van der Waals surface area (Å²) in [7, 11) is 0. The van der Waals surface area contributed by atoms with Crippen LogP contribution in [0.5, 0.6) is 0 Å². The smallest absolute Gasteiger partial charge is 0.226 e. The van der Waals surface area contributed by atoms with Crippen LogP contribution in [-0.4, -0.2) is 19.0 Å². The number of amides is 1. The molecule has 0 spiro atoms. The summed E-state index contributed by atoms with van der Waals surface area (Å²) in [6, 6.07) is 8.12. The van der Waals surface area contributed by atoms with Crippen LogP contribution < -0.4 is 10.2 Å². The van der Waals surface area contributed by atoms with Gasteiger partial charge < -0.3 is 10.2 Å². The van der Waals surface area contributed by atoms with Gasteiger partial charge >= 0.3 is 0 Å². The lowest BCUT2D eigenvalue weighted by Crippen LogP contribution is -2.19. The van der Waals surface area contributed by atoms with Gasteiger partial charge in [-0.3, -0.25) is 4.79 Å². The highest BCUT2D eigenvalue weighted by atomic mass is 16.1. The van der Waals surface area contributed by atoms with Gasteiger partial charge in [0.2, 0.25) is 5.91 Å². The topological polar surface area (TPSA) is 32.3 Å². The van der Waals surface area contributed by atoms with Crippen molar-refractivity contribution in [3.05, 3.63) is 24.3 Å². The zero-order chi connectivity index (χ0) is 12.3. The maximum absolute atomic E-state index is 11.6. The predicted octanol–water partition coefficient (Wildman–Crippen LogP) is 2.88. The molecule has 3 nitrogen and oxygen atoms in total. The first kappa shape index (κ1) is 12.0. The van der Waals surface area contributed by atoms with Crippen LogP contribution in [0.4, 0.5) is 11.4 Å². The summed E-state index contributed by atoms with van der Waals surface area (Å²) < 4.78 is 0. The van der Waals surface area contributed by atoms with Gasteiger partial charge in [0, 0.05) is 30.4 Å². The maximum Gasteiger partial charge on any atom is 0.226 e. The third kappa shape index (κ3) is 2.99. The van der Waals surface area contributed by atoms with E-state index in [2.05, 4.69) is 22.3 Å². The fraction of sp³-hybridized carbons (Fsp3) is 0.500. The van der Waals surface area contributed by atoms with Crippen molar-refractivity contribution in [2.24, 2.45) is 5.92 Å². The lowest BCUT2D eigenvalue weighted by atomic mass is 10.2. The number of nitrogens with zero attached hydrogens (tertiary/aromatic N) is 1. The van der Waals surface area contributed by atoms with E-state index in [1.165, 1.54) is 18.5 Å². The van der Waals surface area contributed by atoms with Gasteiger partial charge in [0.1, 0.15) is 0 Å². The third-order valence-corrected chi connectivity index (χ3v) is 3.11. The van der Waals surface area contributed by atoms with E-state index >= 15 is 0 Å². The Balaban J connectivity index is 2.08. The molecular formula is C14H20N2O. The van der Waals surface area contributed by atoms with Crippen LogP contribution in [0.3, 0.4) is 0 Å². The molecule has 1 heterocycles. The Kier molecular flexibility index (Phi) is 3.67. The molecule has 1 aromatic carbocycles. The van der Waals surface area contributed by atoms with E-state index < -0.39 is 0 Å². The molecule has 1 fully saturated rings. The number of hydrogen-bond donors (Lipinski definition) is 1. The molecule has 1 aliphatic heterocycles. The Hall–Kier alpha value is -1.51. The molecule has 17 heavy (non-hydrogen) atoms. The van der Waals surface area contributed by atoms with Gasteiger partial charge in [-0.05, 0) is 31.0 Å². The van der Waals surface area contributed by atoms with Crippen LogP contribution in [0.15, 0.2) is 24.3 Å². The minimum Gasteiger partial charge on any atom is -0.371 e. The summed E-state index contributed by atoms with van der Waals surface area (Å²) in [6.45, 7) is 6.06. The van der Waals surface area contributed by atoms with E-state index in [-0.39, 0.29) is 11.8 Å². The van der Waals surface area contributed by atoms with Crippen LogP contribution in [0.2, 0.25) is 0 Å². The Labute approximate surface area is 103 Å². The molecule has 92 valence electrons. The van der Waals surface area contributed by atoms with E-state index in [0.29, 0.717) is 0 Å². The van der Waals surface area contributed by atoms with Crippen molar-refractivity contribution in [1.82, 2.24) is 0 Å². The Morgan fingerprint density at radius 2 is 2.00 bits per heavy atom. The van der Waals surface area contributed by atoms with Gasteiger partial charge in [0.15, 0.2) is 0 Å². The van der Waals surface area contributed by atoms with E-state index in [1.807, 2.05) is 26.0 Å². The van der Waals surface area contributed by atoms with Crippen LogP contribution in [0, 0.1) is 5.92 Å². The van der Waals surface area contributed by atoms with E-state index in [1.54, 1.807) is 0 Å². The van der Waals surface area contributed by atoms with Crippen LogP contribution >= 0.6 is 0 Å². The summed E-state index contributed by atoms with van der Waals surface area (Å²) in [5.41, 5.74) is 2.11. The summed E-state index contributed by atoms with van der Waals surface area (Å²) in [5.74, 6) is 0.0917. The zero-order valence-corrected chi connectivity index (χ0v) is 10.6. The maximum atomic E-state index is 11.6. The average Bonchev–Trinajstić information content (AvgIpc) is 2.82. The number of rotatable bonds is 3. The molecule has 1 amide bonds. The molecule has 0 bridgehead atoms. The summed E-state index contributed by atoms with van der Waals surface area (Å²) in [6.07, 6.45) is 2.53. The minimum atomic E-state index is 0.0189. The first-order chi connectivity index (χ1) is 8.16. The summed E-state index contributed by atoms with van der Waals surface area (Å²) >= 11 is 0. The normalized spacial score (nSPS) is 15.4. The molecule has 1 aliphatic rings. The Morgan fingerprint density at radius 3 is 2.65 bits per heavy atom. The van der Waals surface area contributed by atoms with Crippen molar-refractivity contribution in [1.29, 1.82) is 0 Å². The predicted molar refractivity (Wildman–Crippen MR) is 71.4 cm³/mol. The van der Waals surface area contributed by atoms with Crippen molar-refractivity contribution >= 4 is 17.3 Å². The molecule has 0 radical (unpaired) electrons. The number of benzene rings is 1. The second-order valence-corrected chi connectivity index (χ2v) is 4.89. The lowest BCUT2D eigenvalue weighted by Gasteiger charge is -2.18. The van der Waals surface area contributed by atoms with Gasteiger partial charge in [0.25, 0.3) is 0 Å². The number of carbonyl (C=O) groups excluding carboxylic acids is 1. The minimum absolute atomic E-state index is 0.0189. The molecule has 2 rings (SSSR count). The van der Waals surface area contributed by atoms with Crippen LogP contribution in [-0.2, 0) is 4.79 Å². The van der Waals surface area contributed by atoms with E-state index in [9.17, 15) is 4.79 Å². The molecule has 0 unspecified atom stereocenters. The fourth-order valence-electron chi connectivity index (χ4n) is 2.04. The first-order valence-electron chi connectivity index (χ1n) is 6.32. The molecule has 0 aliphatic carbocycles. The summed E-state index contributed by atoms with van der Waals surface area (Å²) in [4.78, 5) is 14.0. The second kappa shape index (κ2) is 5.21. The Morgan fingerprint density at radius 1 is 1.29 bits per heavy atom. The van der Waals surface area contributed by atoms with Gasteiger partial charge in [-0.1, -0.05) is 19.9 Å². The van der Waals surface area contributed by atoms with Crippen LogP contribution in [0.25, 0.3) is 0 Å². The summed E-state index contributed by atoms with van der Waals surface area (Å²) in [5, 5.41) is 2.94. The molecule has 0 aromatic heterocycles. The number of hydrogen-bond acceptors (Lipinski definition) is 2. The largest absolute Gasteiger partial charge is 0.371 e. The third-order valence-electron chi connectivity index (χ3n) is 3.11. The Bertz CT molecular complexity index is 395. The van der Waals surface area contributed by atoms with Crippen molar-refractivity contribution in [3.8, 4) is 0 Å². The number of anilines is 2. The fourth-order valence-corrected chi connectivity index (χ4v) is 2.04. The molecule has 0 saturated carbocycles. The quantitative estimate of drug-likeness (QED) is 0.869. The first-order valence-corrected chi connectivity index (χ1v) is 6.32. The zero-order valence-electron chi connectivity index (χ0n) is 10.6. The SMILES string of the molecule is CC(C)C(=O)Nc1cccc(N2CCCC2)c1. The van der Waals surface area contributed by atoms with Crippen molar-refractivity contribution in [3.63, 3.8) is 0 Å². The highest BCUT2D eigenvalue weighted by molar-refractivity contribution is 5.92.